The summed E-state index contributed by atoms with van der Waals surface area (Å²) < 4.78 is 22.6. The molecule has 0 atom stereocenters. The van der Waals surface area contributed by atoms with E-state index in [2.05, 4.69) is 15.8 Å². The minimum Gasteiger partial charge on any atom is -0.508 e. The highest BCUT2D eigenvalue weighted by Gasteiger charge is 2.15. The maximum absolute atomic E-state index is 11.3. The summed E-state index contributed by atoms with van der Waals surface area (Å²) in [7, 11) is -3.76. The van der Waals surface area contributed by atoms with Gasteiger partial charge in [0.15, 0.2) is 5.11 Å². The number of sulfonamides is 1. The summed E-state index contributed by atoms with van der Waals surface area (Å²) >= 11 is 6.54. The first-order chi connectivity index (χ1) is 14.1. The number of hydrazone groups is 1. The monoisotopic (exact) mass is 462 g/mol. The second-order valence-electron chi connectivity index (χ2n) is 6.21. The van der Waals surface area contributed by atoms with Crippen molar-refractivity contribution in [1.29, 1.82) is 0 Å². The Morgan fingerprint density at radius 1 is 1.10 bits per heavy atom. The first kappa shape index (κ1) is 21.7. The van der Waals surface area contributed by atoms with Crippen LogP contribution in [0.4, 0.5) is 5.69 Å². The maximum atomic E-state index is 11.3. The summed E-state index contributed by atoms with van der Waals surface area (Å²) in [5.74, 6) is 0.239. The summed E-state index contributed by atoms with van der Waals surface area (Å²) in [6.07, 6.45) is 0. The van der Waals surface area contributed by atoms with Crippen molar-refractivity contribution in [3.05, 3.63) is 59.5 Å². The quantitative estimate of drug-likeness (QED) is 0.223. The van der Waals surface area contributed by atoms with Gasteiger partial charge in [0.05, 0.1) is 21.0 Å². The fourth-order valence-electron chi connectivity index (χ4n) is 2.51. The van der Waals surface area contributed by atoms with Crippen molar-refractivity contribution in [3.8, 4) is 21.9 Å². The molecule has 156 valence electrons. The van der Waals surface area contributed by atoms with Crippen LogP contribution in [0.5, 0.6) is 11.5 Å². The van der Waals surface area contributed by atoms with Gasteiger partial charge in [-0.25, -0.2) is 13.6 Å². The fraction of sp³-hybridized carbons (Fsp3) is 0.0526. The number of benzene rings is 2. The minimum atomic E-state index is -3.76. The van der Waals surface area contributed by atoms with E-state index in [0.717, 1.165) is 5.56 Å². The molecular formula is C19H18N4O4S3. The Balaban J connectivity index is 1.67. The van der Waals surface area contributed by atoms with Gasteiger partial charge in [-0.15, -0.1) is 11.3 Å². The van der Waals surface area contributed by atoms with Crippen LogP contribution in [0.3, 0.4) is 0 Å². The molecule has 0 bridgehead atoms. The van der Waals surface area contributed by atoms with E-state index in [9.17, 15) is 18.6 Å². The normalized spacial score (nSPS) is 11.9. The lowest BCUT2D eigenvalue weighted by Crippen LogP contribution is -2.25. The summed E-state index contributed by atoms with van der Waals surface area (Å²) in [4.78, 5) is 0.661. The number of hydrogen-bond acceptors (Lipinski definition) is 7. The molecule has 0 saturated carbocycles. The molecule has 0 fully saturated rings. The predicted octanol–water partition coefficient (Wildman–Crippen LogP) is 3.18. The largest absolute Gasteiger partial charge is 0.508 e. The van der Waals surface area contributed by atoms with E-state index < -0.39 is 10.0 Å². The number of phenols is 1. The molecule has 8 nitrogen and oxygen atoms in total. The van der Waals surface area contributed by atoms with Crippen LogP contribution in [0.2, 0.25) is 0 Å². The third-order valence-corrected chi connectivity index (χ3v) is 6.19. The van der Waals surface area contributed by atoms with Gasteiger partial charge >= 0.3 is 0 Å². The summed E-state index contributed by atoms with van der Waals surface area (Å²) in [5.41, 5.74) is 5.09. The van der Waals surface area contributed by atoms with E-state index in [-0.39, 0.29) is 21.5 Å². The number of primary sulfonamides is 1. The highest BCUT2D eigenvalue weighted by atomic mass is 32.2. The van der Waals surface area contributed by atoms with Crippen molar-refractivity contribution in [3.63, 3.8) is 0 Å². The minimum absolute atomic E-state index is 0.00171. The van der Waals surface area contributed by atoms with Crippen LogP contribution in [-0.2, 0) is 10.0 Å². The summed E-state index contributed by atoms with van der Waals surface area (Å²) in [5, 5.41) is 34.0. The molecule has 6 N–H and O–H groups in total. The summed E-state index contributed by atoms with van der Waals surface area (Å²) in [6, 6.07) is 12.3. The number of phenolic OH excluding ortho intramolecular Hbond substituents is 1. The molecule has 0 saturated heterocycles. The zero-order chi connectivity index (χ0) is 21.9. The molecule has 0 amide bonds. The predicted molar refractivity (Wildman–Crippen MR) is 122 cm³/mol. The molecular weight excluding hydrogens is 444 g/mol. The molecule has 2 aromatic carbocycles. The molecule has 1 heterocycles. The SMILES string of the molecule is C/C(=N\NC(=S)Nc1ccc(S(N)(=O)=O)cc1)c1csc(-c2ccc(O)cc2)c1O. The third-order valence-electron chi connectivity index (χ3n) is 4.05. The fourth-order valence-corrected chi connectivity index (χ4v) is 4.20. The Bertz CT molecular complexity index is 1200. The first-order valence-electron chi connectivity index (χ1n) is 8.49. The Labute approximate surface area is 182 Å². The van der Waals surface area contributed by atoms with Gasteiger partial charge in [-0.2, -0.15) is 5.10 Å². The lowest BCUT2D eigenvalue weighted by atomic mass is 10.1. The van der Waals surface area contributed by atoms with E-state index in [4.69, 9.17) is 17.4 Å². The lowest BCUT2D eigenvalue weighted by Gasteiger charge is -2.08. The number of nitrogens with two attached hydrogens (primary N) is 1. The molecule has 0 unspecified atom stereocenters. The highest BCUT2D eigenvalue weighted by Crippen LogP contribution is 2.39. The Morgan fingerprint density at radius 3 is 2.33 bits per heavy atom. The van der Waals surface area contributed by atoms with Crippen molar-refractivity contribution in [2.45, 2.75) is 11.8 Å². The van der Waals surface area contributed by atoms with E-state index in [1.165, 1.54) is 35.6 Å². The van der Waals surface area contributed by atoms with Crippen molar-refractivity contribution < 1.29 is 18.6 Å². The van der Waals surface area contributed by atoms with Crippen molar-refractivity contribution in [2.75, 3.05) is 5.32 Å². The average molecular weight is 463 g/mol. The number of anilines is 1. The van der Waals surface area contributed by atoms with Gasteiger partial charge in [0.2, 0.25) is 10.0 Å². The van der Waals surface area contributed by atoms with E-state index in [0.29, 0.717) is 21.8 Å². The molecule has 0 spiro atoms. The smallest absolute Gasteiger partial charge is 0.238 e. The number of thiophene rings is 1. The Kier molecular flexibility index (Phi) is 6.37. The Hall–Kier alpha value is -2.99. The van der Waals surface area contributed by atoms with Crippen LogP contribution in [0.15, 0.2) is 63.9 Å². The van der Waals surface area contributed by atoms with Gasteiger partial charge in [0.1, 0.15) is 11.5 Å². The molecule has 30 heavy (non-hydrogen) atoms. The van der Waals surface area contributed by atoms with Crippen molar-refractivity contribution in [1.82, 2.24) is 5.43 Å². The number of aromatic hydroxyl groups is 2. The number of rotatable bonds is 5. The van der Waals surface area contributed by atoms with Crippen molar-refractivity contribution in [2.24, 2.45) is 10.2 Å². The molecule has 0 aliphatic carbocycles. The number of thiocarbonyl (C=S) groups is 1. The highest BCUT2D eigenvalue weighted by molar-refractivity contribution is 7.89. The second-order valence-corrected chi connectivity index (χ2v) is 9.06. The van der Waals surface area contributed by atoms with Crippen LogP contribution in [0.1, 0.15) is 12.5 Å². The third kappa shape index (κ3) is 5.13. The molecule has 3 aromatic rings. The van der Waals surface area contributed by atoms with Crippen LogP contribution >= 0.6 is 23.6 Å². The number of nitrogens with zero attached hydrogens (tertiary/aromatic N) is 1. The van der Waals surface area contributed by atoms with Crippen LogP contribution in [0.25, 0.3) is 10.4 Å². The first-order valence-corrected chi connectivity index (χ1v) is 11.3. The van der Waals surface area contributed by atoms with Crippen molar-refractivity contribution >= 4 is 50.1 Å². The van der Waals surface area contributed by atoms with Gasteiger partial charge in [0, 0.05) is 11.1 Å². The summed E-state index contributed by atoms with van der Waals surface area (Å²) in [6.45, 7) is 1.72. The van der Waals surface area contributed by atoms with Crippen LogP contribution in [0, 0.1) is 0 Å². The van der Waals surface area contributed by atoms with E-state index in [1.807, 2.05) is 0 Å². The van der Waals surface area contributed by atoms with Gasteiger partial charge in [-0.05, 0) is 73.2 Å². The molecule has 11 heteroatoms. The molecule has 0 aliphatic heterocycles. The Morgan fingerprint density at radius 2 is 1.73 bits per heavy atom. The number of hydrogen-bond donors (Lipinski definition) is 5. The molecule has 3 rings (SSSR count). The van der Waals surface area contributed by atoms with Gasteiger partial charge in [0.25, 0.3) is 0 Å². The van der Waals surface area contributed by atoms with Gasteiger partial charge in [-0.1, -0.05) is 0 Å². The molecule has 0 radical (unpaired) electrons. The van der Waals surface area contributed by atoms with Gasteiger partial charge in [-0.3, -0.25) is 5.43 Å². The van der Waals surface area contributed by atoms with E-state index in [1.54, 1.807) is 36.6 Å². The zero-order valence-electron chi connectivity index (χ0n) is 15.7. The molecule has 0 aliphatic rings. The number of nitrogens with one attached hydrogen (secondary N) is 2. The van der Waals surface area contributed by atoms with Crippen LogP contribution in [-0.4, -0.2) is 29.5 Å². The maximum Gasteiger partial charge on any atom is 0.238 e. The van der Waals surface area contributed by atoms with E-state index >= 15 is 0 Å². The zero-order valence-corrected chi connectivity index (χ0v) is 18.1. The second kappa shape index (κ2) is 8.79. The lowest BCUT2D eigenvalue weighted by molar-refractivity contribution is 0.474. The average Bonchev–Trinajstić information content (AvgIpc) is 3.08. The van der Waals surface area contributed by atoms with Gasteiger partial charge < -0.3 is 15.5 Å². The van der Waals surface area contributed by atoms with Crippen LogP contribution < -0.4 is 15.9 Å². The standard InChI is InChI=1S/C19H18N4O4S3/c1-11(16-10-29-18(17(16)25)12-2-6-14(24)7-3-12)22-23-19(28)21-13-4-8-15(9-5-13)30(20,26)27/h2-10,24-25H,1H3,(H2,20,26,27)(H2,21,23,28)/b22-11+. The molecule has 1 aromatic heterocycles. The topological polar surface area (TPSA) is 137 Å².